The van der Waals surface area contributed by atoms with E-state index in [-0.39, 0.29) is 35.8 Å². The van der Waals surface area contributed by atoms with Gasteiger partial charge in [0.05, 0.1) is 23.6 Å². The van der Waals surface area contributed by atoms with Crippen molar-refractivity contribution in [2.24, 2.45) is 5.92 Å². The van der Waals surface area contributed by atoms with Crippen molar-refractivity contribution >= 4 is 39.3 Å². The van der Waals surface area contributed by atoms with Gasteiger partial charge >= 0.3 is 0 Å². The average Bonchev–Trinajstić information content (AvgIpc) is 3.06. The van der Waals surface area contributed by atoms with Crippen LogP contribution >= 0.6 is 22.6 Å². The molecule has 4 heterocycles. The van der Waals surface area contributed by atoms with Crippen LogP contribution in [-0.4, -0.2) is 51.9 Å². The quantitative estimate of drug-likeness (QED) is 0.102. The normalized spacial score (nSPS) is 17.4. The molecular formula is C33H43F3IN5O3. The number of nitrogens with one attached hydrogen (secondary N) is 2. The Morgan fingerprint density at radius 3 is 2.60 bits per heavy atom. The van der Waals surface area contributed by atoms with Crippen LogP contribution in [0, 0.1) is 11.7 Å². The number of aromatic nitrogens is 3. The molecule has 2 saturated heterocycles. The smallest absolute Gasteiger partial charge is 0.295 e. The Balaban J connectivity index is 1.44. The third-order valence-electron chi connectivity index (χ3n) is 8.96. The van der Waals surface area contributed by atoms with Crippen LogP contribution in [-0.2, 0) is 10.7 Å². The molecule has 0 bridgehead atoms. The number of halogens is 4. The van der Waals surface area contributed by atoms with Gasteiger partial charge in [0.1, 0.15) is 23.5 Å². The number of nitrogens with zero attached hydrogens (tertiary/aromatic N) is 3. The molecule has 45 heavy (non-hydrogen) atoms. The fraction of sp³-hybridized carbons (Fsp3) is 0.606. The number of anilines is 1. The molecule has 1 atom stereocenters. The molecule has 2 aliphatic heterocycles. The first-order chi connectivity index (χ1) is 21.8. The zero-order valence-electron chi connectivity index (χ0n) is 25.8. The standard InChI is InChI=1S/C33H43F3IN5O3/c1-22(25-8-7-9-27(28(25)34)33(35,36)23-10-15-38-16-11-23)41-31-26-20-42(24-12-18-44-19-13-24)32(43)30(29(26)39-21-40-31)45-17-6-4-2-3-5-14-37/h7-9,20-24,38H,2-6,10-19H2,1H3,(H,39,40,41)/t22-/m1/s1. The molecule has 0 aliphatic carbocycles. The van der Waals surface area contributed by atoms with Crippen molar-refractivity contribution in [1.82, 2.24) is 19.9 Å². The second-order valence-electron chi connectivity index (χ2n) is 12.0. The van der Waals surface area contributed by atoms with Gasteiger partial charge in [-0.2, -0.15) is 0 Å². The number of pyridine rings is 1. The Bertz CT molecular complexity index is 1480. The molecule has 2 N–H and O–H groups in total. The number of ether oxygens (including phenoxy) is 2. The van der Waals surface area contributed by atoms with Crippen molar-refractivity contribution in [1.29, 1.82) is 0 Å². The van der Waals surface area contributed by atoms with Crippen LogP contribution in [0.15, 0.2) is 35.5 Å². The molecule has 1 aromatic carbocycles. The first-order valence-corrected chi connectivity index (χ1v) is 17.7. The molecule has 8 nitrogen and oxygen atoms in total. The number of unbranched alkanes of at least 4 members (excludes halogenated alkanes) is 4. The van der Waals surface area contributed by atoms with Crippen LogP contribution in [0.1, 0.15) is 87.9 Å². The summed E-state index contributed by atoms with van der Waals surface area (Å²) in [5.41, 5.74) is -0.350. The van der Waals surface area contributed by atoms with Gasteiger partial charge in [-0.3, -0.25) is 4.79 Å². The van der Waals surface area contributed by atoms with Gasteiger partial charge in [-0.1, -0.05) is 60.1 Å². The Kier molecular flexibility index (Phi) is 12.0. The molecule has 2 fully saturated rings. The third kappa shape index (κ3) is 7.93. The highest BCUT2D eigenvalue weighted by atomic mass is 127. The summed E-state index contributed by atoms with van der Waals surface area (Å²) >= 11 is 2.39. The van der Waals surface area contributed by atoms with Crippen LogP contribution in [0.3, 0.4) is 0 Å². The molecule has 2 aromatic heterocycles. The summed E-state index contributed by atoms with van der Waals surface area (Å²) in [7, 11) is 0. The molecule has 0 saturated carbocycles. The molecule has 3 aromatic rings. The number of benzene rings is 1. The summed E-state index contributed by atoms with van der Waals surface area (Å²) < 4.78 is 61.4. The van der Waals surface area contributed by atoms with Crippen LogP contribution in [0.4, 0.5) is 19.0 Å². The third-order valence-corrected chi connectivity index (χ3v) is 9.73. The molecule has 0 spiro atoms. The molecule has 0 radical (unpaired) electrons. The SMILES string of the molecule is C[C@@H](Nc1ncnc2c(OCCCCCCCI)c(=O)n(C3CCOCC3)cc12)c1cccc(C(F)(F)C2CCNCC2)c1F. The number of fused-ring (bicyclic) bond motifs is 1. The maximum Gasteiger partial charge on any atom is 0.295 e. The van der Waals surface area contributed by atoms with Gasteiger partial charge in [0, 0.05) is 36.9 Å². The van der Waals surface area contributed by atoms with E-state index in [0.29, 0.717) is 62.5 Å². The maximum atomic E-state index is 15.8. The second kappa shape index (κ2) is 15.9. The minimum atomic E-state index is -3.29. The van der Waals surface area contributed by atoms with E-state index >= 15 is 13.2 Å². The van der Waals surface area contributed by atoms with E-state index in [1.54, 1.807) is 17.7 Å². The summed E-state index contributed by atoms with van der Waals surface area (Å²) in [6.07, 6.45) is 10.3. The Morgan fingerprint density at radius 1 is 1.11 bits per heavy atom. The zero-order chi connectivity index (χ0) is 31.8. The highest BCUT2D eigenvalue weighted by molar-refractivity contribution is 14.1. The van der Waals surface area contributed by atoms with Crippen molar-refractivity contribution in [2.45, 2.75) is 82.7 Å². The van der Waals surface area contributed by atoms with Gasteiger partial charge in [0.15, 0.2) is 0 Å². The average molecular weight is 742 g/mol. The van der Waals surface area contributed by atoms with Crippen molar-refractivity contribution in [3.05, 3.63) is 58.0 Å². The van der Waals surface area contributed by atoms with Crippen molar-refractivity contribution in [2.75, 3.05) is 42.7 Å². The van der Waals surface area contributed by atoms with Crippen LogP contribution in [0.25, 0.3) is 10.9 Å². The summed E-state index contributed by atoms with van der Waals surface area (Å²) in [5.74, 6) is -4.59. The lowest BCUT2D eigenvalue weighted by Crippen LogP contribution is -2.37. The number of hydrogen-bond acceptors (Lipinski definition) is 7. The first-order valence-electron chi connectivity index (χ1n) is 16.1. The molecule has 5 rings (SSSR count). The van der Waals surface area contributed by atoms with E-state index in [1.165, 1.54) is 37.4 Å². The number of rotatable bonds is 14. The van der Waals surface area contributed by atoms with Gasteiger partial charge in [-0.25, -0.2) is 23.1 Å². The summed E-state index contributed by atoms with van der Waals surface area (Å²) in [6.45, 7) is 4.18. The van der Waals surface area contributed by atoms with Gasteiger partial charge in [0.25, 0.3) is 11.5 Å². The molecular weight excluding hydrogens is 698 g/mol. The van der Waals surface area contributed by atoms with Crippen molar-refractivity contribution in [3.8, 4) is 5.75 Å². The van der Waals surface area contributed by atoms with E-state index < -0.39 is 29.3 Å². The van der Waals surface area contributed by atoms with Gasteiger partial charge in [-0.05, 0) is 63.0 Å². The predicted octanol–water partition coefficient (Wildman–Crippen LogP) is 7.31. The summed E-state index contributed by atoms with van der Waals surface area (Å²) in [6, 6.07) is 3.40. The molecule has 246 valence electrons. The van der Waals surface area contributed by atoms with Gasteiger partial charge in [-0.15, -0.1) is 0 Å². The lowest BCUT2D eigenvalue weighted by atomic mass is 9.86. The number of alkyl halides is 3. The Morgan fingerprint density at radius 2 is 1.84 bits per heavy atom. The molecule has 12 heteroatoms. The minimum Gasteiger partial charge on any atom is -0.486 e. The highest BCUT2D eigenvalue weighted by Crippen LogP contribution is 2.43. The van der Waals surface area contributed by atoms with Gasteiger partial charge in [0.2, 0.25) is 5.75 Å². The van der Waals surface area contributed by atoms with Crippen molar-refractivity contribution in [3.63, 3.8) is 0 Å². The zero-order valence-corrected chi connectivity index (χ0v) is 28.0. The summed E-state index contributed by atoms with van der Waals surface area (Å²) in [5, 5.41) is 6.87. The highest BCUT2D eigenvalue weighted by Gasteiger charge is 2.44. The van der Waals surface area contributed by atoms with E-state index in [2.05, 4.69) is 43.2 Å². The lowest BCUT2D eigenvalue weighted by molar-refractivity contribution is -0.0781. The van der Waals surface area contributed by atoms with E-state index in [4.69, 9.17) is 9.47 Å². The fourth-order valence-electron chi connectivity index (χ4n) is 6.32. The number of piperidine rings is 1. The van der Waals surface area contributed by atoms with E-state index in [1.807, 2.05) is 0 Å². The van der Waals surface area contributed by atoms with Crippen LogP contribution < -0.4 is 20.9 Å². The van der Waals surface area contributed by atoms with Crippen LogP contribution in [0.5, 0.6) is 5.75 Å². The lowest BCUT2D eigenvalue weighted by Gasteiger charge is -2.31. The number of hydrogen-bond donors (Lipinski definition) is 2. The monoisotopic (exact) mass is 741 g/mol. The Labute approximate surface area is 276 Å². The summed E-state index contributed by atoms with van der Waals surface area (Å²) in [4.78, 5) is 22.6. The Hall–Kier alpha value is -2.45. The maximum absolute atomic E-state index is 15.8. The second-order valence-corrected chi connectivity index (χ2v) is 13.1. The fourth-order valence-corrected chi connectivity index (χ4v) is 6.86. The molecule has 0 amide bonds. The van der Waals surface area contributed by atoms with Crippen LogP contribution in [0.2, 0.25) is 0 Å². The molecule has 0 unspecified atom stereocenters. The van der Waals surface area contributed by atoms with Crippen molar-refractivity contribution < 1.29 is 22.6 Å². The van der Waals surface area contributed by atoms with E-state index in [9.17, 15) is 4.79 Å². The first kappa shape index (κ1) is 33.9. The van der Waals surface area contributed by atoms with Gasteiger partial charge < -0.3 is 24.7 Å². The van der Waals surface area contributed by atoms with E-state index in [0.717, 1.165) is 23.7 Å². The minimum absolute atomic E-state index is 0.0805. The predicted molar refractivity (Wildman–Crippen MR) is 178 cm³/mol. The molecule has 2 aliphatic rings. The topological polar surface area (TPSA) is 90.3 Å². The largest absolute Gasteiger partial charge is 0.486 e.